The van der Waals surface area contributed by atoms with Gasteiger partial charge in [0.1, 0.15) is 11.3 Å². The normalized spacial score (nSPS) is 11.1. The zero-order chi connectivity index (χ0) is 13.1. The smallest absolute Gasteiger partial charge is 0.339 e. The fourth-order valence-corrected chi connectivity index (χ4v) is 2.40. The third-order valence-corrected chi connectivity index (χ3v) is 3.47. The fraction of sp³-hybridized carbons (Fsp3) is 0.300. The minimum Gasteiger partial charge on any atom is -0.507 e. The van der Waals surface area contributed by atoms with Gasteiger partial charge in [0.2, 0.25) is 10.0 Å². The number of nitrogens with one attached hydrogen (secondary N) is 1. The second-order valence-electron chi connectivity index (χ2n) is 3.46. The van der Waals surface area contributed by atoms with Crippen molar-refractivity contribution in [3.05, 3.63) is 23.8 Å². The van der Waals surface area contributed by atoms with Crippen LogP contribution in [0.15, 0.2) is 18.2 Å². The SMILES string of the molecule is CCCS(=O)(=O)Nc1ccc(C(=O)O)c(O)c1. The summed E-state index contributed by atoms with van der Waals surface area (Å²) in [5.74, 6) is -1.78. The number of rotatable bonds is 5. The molecule has 3 N–H and O–H groups in total. The Labute approximate surface area is 99.0 Å². The molecule has 0 fully saturated rings. The zero-order valence-electron chi connectivity index (χ0n) is 9.17. The van der Waals surface area contributed by atoms with Crippen LogP contribution < -0.4 is 4.72 Å². The van der Waals surface area contributed by atoms with E-state index < -0.39 is 21.7 Å². The first-order chi connectivity index (χ1) is 7.85. The summed E-state index contributed by atoms with van der Waals surface area (Å²) in [6.45, 7) is 1.73. The molecule has 0 unspecified atom stereocenters. The first-order valence-electron chi connectivity index (χ1n) is 4.92. The van der Waals surface area contributed by atoms with Crippen molar-refractivity contribution in [1.29, 1.82) is 0 Å². The van der Waals surface area contributed by atoms with Gasteiger partial charge in [-0.3, -0.25) is 4.72 Å². The van der Waals surface area contributed by atoms with E-state index in [1.807, 2.05) is 0 Å². The van der Waals surface area contributed by atoms with Gasteiger partial charge in [-0.05, 0) is 18.6 Å². The van der Waals surface area contributed by atoms with E-state index in [9.17, 15) is 18.3 Å². The number of aromatic hydroxyl groups is 1. The summed E-state index contributed by atoms with van der Waals surface area (Å²) < 4.78 is 25.1. The first kappa shape index (κ1) is 13.3. The maximum atomic E-state index is 11.4. The summed E-state index contributed by atoms with van der Waals surface area (Å²) >= 11 is 0. The van der Waals surface area contributed by atoms with Crippen molar-refractivity contribution in [1.82, 2.24) is 0 Å². The minimum absolute atomic E-state index is 0.0333. The fourth-order valence-electron chi connectivity index (χ4n) is 1.28. The second-order valence-corrected chi connectivity index (χ2v) is 5.30. The molecule has 1 aromatic carbocycles. The van der Waals surface area contributed by atoms with E-state index in [2.05, 4.69) is 4.72 Å². The van der Waals surface area contributed by atoms with E-state index in [0.29, 0.717) is 6.42 Å². The lowest BCUT2D eigenvalue weighted by Crippen LogP contribution is -2.16. The molecule has 6 nitrogen and oxygen atoms in total. The molecule has 0 aromatic heterocycles. The summed E-state index contributed by atoms with van der Waals surface area (Å²) in [6, 6.07) is 3.49. The molecule has 0 saturated carbocycles. The maximum absolute atomic E-state index is 11.4. The molecule has 1 aromatic rings. The Balaban J connectivity index is 2.96. The lowest BCUT2D eigenvalue weighted by atomic mass is 10.2. The van der Waals surface area contributed by atoms with Gasteiger partial charge in [0.15, 0.2) is 0 Å². The van der Waals surface area contributed by atoms with Crippen LogP contribution in [-0.4, -0.2) is 30.4 Å². The van der Waals surface area contributed by atoms with Gasteiger partial charge in [-0.2, -0.15) is 0 Å². The Kier molecular flexibility index (Phi) is 3.95. The van der Waals surface area contributed by atoms with Crippen LogP contribution in [0.3, 0.4) is 0 Å². The third-order valence-electron chi connectivity index (χ3n) is 1.97. The molecule has 0 saturated heterocycles. The molecular formula is C10H13NO5S. The number of phenols is 1. The molecule has 17 heavy (non-hydrogen) atoms. The Hall–Kier alpha value is -1.76. The Bertz CT molecular complexity index is 523. The molecule has 94 valence electrons. The number of carbonyl (C=O) groups is 1. The summed E-state index contributed by atoms with van der Waals surface area (Å²) in [7, 11) is -3.44. The number of benzene rings is 1. The van der Waals surface area contributed by atoms with Gasteiger partial charge in [0.05, 0.1) is 11.4 Å². The van der Waals surface area contributed by atoms with Gasteiger partial charge in [-0.1, -0.05) is 6.92 Å². The number of carboxylic acid groups (broad SMARTS) is 1. The lowest BCUT2D eigenvalue weighted by Gasteiger charge is -2.08. The molecule has 0 aliphatic heterocycles. The van der Waals surface area contributed by atoms with Crippen molar-refractivity contribution >= 4 is 21.7 Å². The van der Waals surface area contributed by atoms with Crippen LogP contribution in [0.5, 0.6) is 5.75 Å². The van der Waals surface area contributed by atoms with Crippen LogP contribution in [0.1, 0.15) is 23.7 Å². The molecule has 0 spiro atoms. The van der Waals surface area contributed by atoms with Crippen molar-refractivity contribution in [2.24, 2.45) is 0 Å². The Morgan fingerprint density at radius 1 is 1.41 bits per heavy atom. The van der Waals surface area contributed by atoms with Crippen LogP contribution in [0.4, 0.5) is 5.69 Å². The molecular weight excluding hydrogens is 246 g/mol. The summed E-state index contributed by atoms with van der Waals surface area (Å²) in [5.41, 5.74) is -0.135. The van der Waals surface area contributed by atoms with Gasteiger partial charge >= 0.3 is 5.97 Å². The predicted molar refractivity (Wildman–Crippen MR) is 62.8 cm³/mol. The number of sulfonamides is 1. The van der Waals surface area contributed by atoms with Crippen LogP contribution in [0, 0.1) is 0 Å². The quantitative estimate of drug-likeness (QED) is 0.738. The average molecular weight is 259 g/mol. The largest absolute Gasteiger partial charge is 0.507 e. The average Bonchev–Trinajstić information content (AvgIpc) is 2.15. The van der Waals surface area contributed by atoms with E-state index >= 15 is 0 Å². The Morgan fingerprint density at radius 2 is 2.06 bits per heavy atom. The minimum atomic E-state index is -3.44. The van der Waals surface area contributed by atoms with E-state index in [1.165, 1.54) is 6.07 Å². The predicted octanol–water partition coefficient (Wildman–Crippen LogP) is 1.24. The topological polar surface area (TPSA) is 104 Å². The molecule has 0 amide bonds. The number of aromatic carboxylic acids is 1. The summed E-state index contributed by atoms with van der Waals surface area (Å²) in [4.78, 5) is 10.6. The standard InChI is InChI=1S/C10H13NO5S/c1-2-5-17(15,16)11-7-3-4-8(10(13)14)9(12)6-7/h3-4,6,11-12H,2,5H2,1H3,(H,13,14). The molecule has 0 aliphatic carbocycles. The van der Waals surface area contributed by atoms with Gasteiger partial charge in [-0.25, -0.2) is 13.2 Å². The summed E-state index contributed by atoms with van der Waals surface area (Å²) in [6.07, 6.45) is 0.467. The van der Waals surface area contributed by atoms with Gasteiger partial charge in [0, 0.05) is 6.07 Å². The van der Waals surface area contributed by atoms with Gasteiger partial charge in [0.25, 0.3) is 0 Å². The molecule has 0 aliphatic rings. The van der Waals surface area contributed by atoms with E-state index in [-0.39, 0.29) is 17.0 Å². The highest BCUT2D eigenvalue weighted by Crippen LogP contribution is 2.22. The van der Waals surface area contributed by atoms with Crippen LogP contribution in [-0.2, 0) is 10.0 Å². The van der Waals surface area contributed by atoms with Crippen molar-refractivity contribution < 1.29 is 23.4 Å². The Morgan fingerprint density at radius 3 is 2.53 bits per heavy atom. The van der Waals surface area contributed by atoms with Crippen molar-refractivity contribution in [3.63, 3.8) is 0 Å². The molecule has 1 rings (SSSR count). The highest BCUT2D eigenvalue weighted by atomic mass is 32.2. The van der Waals surface area contributed by atoms with Crippen molar-refractivity contribution in [2.45, 2.75) is 13.3 Å². The summed E-state index contributed by atoms with van der Waals surface area (Å²) in [5, 5.41) is 18.0. The third kappa shape index (κ3) is 3.63. The van der Waals surface area contributed by atoms with E-state index in [0.717, 1.165) is 12.1 Å². The molecule has 7 heteroatoms. The zero-order valence-corrected chi connectivity index (χ0v) is 9.99. The maximum Gasteiger partial charge on any atom is 0.339 e. The monoisotopic (exact) mass is 259 g/mol. The number of hydrogen-bond donors (Lipinski definition) is 3. The van der Waals surface area contributed by atoms with Crippen LogP contribution in [0.25, 0.3) is 0 Å². The van der Waals surface area contributed by atoms with E-state index in [1.54, 1.807) is 6.92 Å². The molecule has 0 bridgehead atoms. The molecule has 0 heterocycles. The number of carboxylic acids is 1. The van der Waals surface area contributed by atoms with Crippen molar-refractivity contribution in [3.8, 4) is 5.75 Å². The molecule has 0 atom stereocenters. The highest BCUT2D eigenvalue weighted by Gasteiger charge is 2.13. The van der Waals surface area contributed by atoms with Crippen LogP contribution >= 0.6 is 0 Å². The lowest BCUT2D eigenvalue weighted by molar-refractivity contribution is 0.0694. The first-order valence-corrected chi connectivity index (χ1v) is 6.57. The number of hydrogen-bond acceptors (Lipinski definition) is 4. The highest BCUT2D eigenvalue weighted by molar-refractivity contribution is 7.92. The second kappa shape index (κ2) is 5.05. The van der Waals surface area contributed by atoms with Gasteiger partial charge in [-0.15, -0.1) is 0 Å². The number of anilines is 1. The van der Waals surface area contributed by atoms with Crippen LogP contribution in [0.2, 0.25) is 0 Å². The van der Waals surface area contributed by atoms with Crippen molar-refractivity contribution in [2.75, 3.05) is 10.5 Å². The van der Waals surface area contributed by atoms with Gasteiger partial charge < -0.3 is 10.2 Å². The van der Waals surface area contributed by atoms with E-state index in [4.69, 9.17) is 5.11 Å². The molecule has 0 radical (unpaired) electrons.